The van der Waals surface area contributed by atoms with Gasteiger partial charge >= 0.3 is 5.97 Å². The van der Waals surface area contributed by atoms with Crippen molar-refractivity contribution >= 4 is 14.3 Å². The van der Waals surface area contributed by atoms with Gasteiger partial charge < -0.3 is 19.4 Å². The van der Waals surface area contributed by atoms with Crippen LogP contribution in [0.25, 0.3) is 0 Å². The molecule has 0 aromatic rings. The Labute approximate surface area is 135 Å². The van der Waals surface area contributed by atoms with E-state index in [-0.39, 0.29) is 11.5 Å². The minimum Gasteiger partial charge on any atom is -0.469 e. The van der Waals surface area contributed by atoms with Crippen molar-refractivity contribution < 1.29 is 24.2 Å². The zero-order valence-corrected chi connectivity index (χ0v) is 16.0. The zero-order chi connectivity index (χ0) is 17.6. The molecule has 0 radical (unpaired) electrons. The van der Waals surface area contributed by atoms with E-state index in [1.165, 1.54) is 13.2 Å². The van der Waals surface area contributed by atoms with Crippen molar-refractivity contribution in [2.24, 2.45) is 5.92 Å². The molecule has 0 amide bonds. The molecule has 0 aliphatic rings. The van der Waals surface area contributed by atoms with Crippen LogP contribution < -0.4 is 0 Å². The molecule has 6 heteroatoms. The van der Waals surface area contributed by atoms with E-state index in [1.54, 1.807) is 13.0 Å². The molecule has 2 atom stereocenters. The molecule has 0 saturated heterocycles. The second-order valence-electron chi connectivity index (χ2n) is 7.11. The summed E-state index contributed by atoms with van der Waals surface area (Å²) >= 11 is 0. The second-order valence-corrected chi connectivity index (χ2v) is 11.9. The number of aliphatic hydroxyl groups excluding tert-OH is 1. The highest BCUT2D eigenvalue weighted by molar-refractivity contribution is 6.74. The molecule has 22 heavy (non-hydrogen) atoms. The summed E-state index contributed by atoms with van der Waals surface area (Å²) < 4.78 is 10.7. The molecule has 0 heterocycles. The van der Waals surface area contributed by atoms with Gasteiger partial charge in [-0.2, -0.15) is 0 Å². The van der Waals surface area contributed by atoms with Crippen LogP contribution in [-0.4, -0.2) is 50.4 Å². The fraction of sp³-hybridized carbons (Fsp3) is 0.812. The summed E-state index contributed by atoms with van der Waals surface area (Å²) in [7, 11) is -0.679. The molecule has 0 aliphatic carbocycles. The first-order valence-electron chi connectivity index (χ1n) is 7.64. The first-order chi connectivity index (χ1) is 9.95. The number of aliphatic hydroxyl groups is 2. The Morgan fingerprint density at radius 2 is 1.86 bits per heavy atom. The van der Waals surface area contributed by atoms with Gasteiger partial charge in [-0.15, -0.1) is 0 Å². The highest BCUT2D eigenvalue weighted by Gasteiger charge is 2.41. The lowest BCUT2D eigenvalue weighted by molar-refractivity contribution is -0.156. The Morgan fingerprint density at radius 1 is 1.32 bits per heavy atom. The number of ether oxygens (including phenoxy) is 1. The highest BCUT2D eigenvalue weighted by atomic mass is 28.4. The fourth-order valence-corrected chi connectivity index (χ4v) is 2.97. The molecule has 0 aromatic carbocycles. The van der Waals surface area contributed by atoms with E-state index in [0.29, 0.717) is 6.61 Å². The first-order valence-corrected chi connectivity index (χ1v) is 10.5. The highest BCUT2D eigenvalue weighted by Crippen LogP contribution is 2.37. The molecule has 0 fully saturated rings. The number of carbonyl (C=O) groups is 1. The molecule has 0 spiro atoms. The Morgan fingerprint density at radius 3 is 2.23 bits per heavy atom. The maximum absolute atomic E-state index is 11.8. The van der Waals surface area contributed by atoms with Crippen LogP contribution in [0.5, 0.6) is 0 Å². The minimum atomic E-state index is -1.92. The van der Waals surface area contributed by atoms with Crippen molar-refractivity contribution in [3.8, 4) is 0 Å². The van der Waals surface area contributed by atoms with Crippen molar-refractivity contribution in [2.75, 3.05) is 20.3 Å². The topological polar surface area (TPSA) is 76.0 Å². The average molecular weight is 333 g/mol. The summed E-state index contributed by atoms with van der Waals surface area (Å²) in [5, 5.41) is 20.3. The van der Waals surface area contributed by atoms with Crippen LogP contribution in [0.1, 0.15) is 34.1 Å². The number of hydrogen-bond donors (Lipinski definition) is 2. The van der Waals surface area contributed by atoms with Gasteiger partial charge in [0.2, 0.25) is 0 Å². The van der Waals surface area contributed by atoms with Gasteiger partial charge in [-0.25, -0.2) is 0 Å². The van der Waals surface area contributed by atoms with E-state index >= 15 is 0 Å². The third-order valence-corrected chi connectivity index (χ3v) is 9.04. The predicted octanol–water partition coefficient (Wildman–Crippen LogP) is 2.49. The van der Waals surface area contributed by atoms with Gasteiger partial charge in [-0.05, 0) is 25.1 Å². The molecule has 130 valence electrons. The Kier molecular flexibility index (Phi) is 7.98. The van der Waals surface area contributed by atoms with Crippen LogP contribution in [0.2, 0.25) is 18.1 Å². The van der Waals surface area contributed by atoms with Gasteiger partial charge in [-0.1, -0.05) is 32.9 Å². The summed E-state index contributed by atoms with van der Waals surface area (Å²) in [4.78, 5) is 11.8. The van der Waals surface area contributed by atoms with Crippen LogP contribution >= 0.6 is 0 Å². The number of carbonyl (C=O) groups excluding carboxylic acids is 1. The number of methoxy groups -OCH3 is 1. The van der Waals surface area contributed by atoms with Crippen molar-refractivity contribution in [1.29, 1.82) is 0 Å². The van der Waals surface area contributed by atoms with Crippen LogP contribution in [-0.2, 0) is 14.0 Å². The van der Waals surface area contributed by atoms with E-state index < -0.39 is 32.4 Å². The van der Waals surface area contributed by atoms with Crippen LogP contribution in [0.4, 0.5) is 0 Å². The number of esters is 1. The molecular formula is C16H32O5Si. The van der Waals surface area contributed by atoms with Crippen LogP contribution in [0.15, 0.2) is 12.2 Å². The summed E-state index contributed by atoms with van der Waals surface area (Å²) in [6.07, 6.45) is 3.42. The standard InChI is InChI=1S/C16H32O5Si/c1-8-9-16(19,13(12-17)14(18)20-5)10-11-21-22(6,7)15(2,3)4/h8-9,13,17,19H,10-12H2,1-7H3/b9-8+. The maximum atomic E-state index is 11.8. The average Bonchev–Trinajstić information content (AvgIpc) is 2.37. The Hall–Kier alpha value is -0.693. The summed E-state index contributed by atoms with van der Waals surface area (Å²) in [6, 6.07) is 0. The van der Waals surface area contributed by atoms with Crippen molar-refractivity contribution in [2.45, 2.75) is 57.8 Å². The van der Waals surface area contributed by atoms with Gasteiger partial charge in [0.05, 0.1) is 13.7 Å². The summed E-state index contributed by atoms with van der Waals surface area (Å²) in [5.74, 6) is -1.65. The number of hydrogen-bond acceptors (Lipinski definition) is 5. The largest absolute Gasteiger partial charge is 0.469 e. The molecular weight excluding hydrogens is 300 g/mol. The monoisotopic (exact) mass is 332 g/mol. The van der Waals surface area contributed by atoms with Crippen molar-refractivity contribution in [1.82, 2.24) is 0 Å². The molecule has 0 bridgehead atoms. The van der Waals surface area contributed by atoms with Gasteiger partial charge in [0.1, 0.15) is 11.5 Å². The predicted molar refractivity (Wildman–Crippen MR) is 90.1 cm³/mol. The molecule has 5 nitrogen and oxygen atoms in total. The molecule has 2 N–H and O–H groups in total. The third kappa shape index (κ3) is 5.50. The zero-order valence-electron chi connectivity index (χ0n) is 15.0. The van der Waals surface area contributed by atoms with E-state index in [2.05, 4.69) is 38.6 Å². The van der Waals surface area contributed by atoms with Crippen LogP contribution in [0.3, 0.4) is 0 Å². The van der Waals surface area contributed by atoms with Gasteiger partial charge in [0, 0.05) is 13.0 Å². The smallest absolute Gasteiger partial charge is 0.314 e. The summed E-state index contributed by atoms with van der Waals surface area (Å²) in [5.41, 5.74) is -1.47. The third-order valence-electron chi connectivity index (χ3n) is 4.50. The molecule has 2 unspecified atom stereocenters. The lowest BCUT2D eigenvalue weighted by Crippen LogP contribution is -2.46. The SMILES string of the molecule is C/C=C/C(O)(CCO[Si](C)(C)C(C)(C)C)C(CO)C(=O)OC. The number of rotatable bonds is 8. The van der Waals surface area contributed by atoms with Crippen molar-refractivity contribution in [3.05, 3.63) is 12.2 Å². The lowest BCUT2D eigenvalue weighted by atomic mass is 9.84. The molecule has 0 aromatic heterocycles. The van der Waals surface area contributed by atoms with Crippen LogP contribution in [0, 0.1) is 5.92 Å². The van der Waals surface area contributed by atoms with E-state index in [0.717, 1.165) is 0 Å². The fourth-order valence-electron chi connectivity index (χ4n) is 1.93. The van der Waals surface area contributed by atoms with Gasteiger partial charge in [0.15, 0.2) is 8.32 Å². The van der Waals surface area contributed by atoms with Crippen molar-refractivity contribution in [3.63, 3.8) is 0 Å². The maximum Gasteiger partial charge on any atom is 0.314 e. The van der Waals surface area contributed by atoms with Gasteiger partial charge in [-0.3, -0.25) is 4.79 Å². The molecule has 0 aliphatic heterocycles. The molecule has 0 rings (SSSR count). The van der Waals surface area contributed by atoms with E-state index in [4.69, 9.17) is 4.43 Å². The normalized spacial score (nSPS) is 17.3. The second kappa shape index (κ2) is 8.24. The summed E-state index contributed by atoms with van der Waals surface area (Å²) in [6.45, 7) is 12.3. The Balaban J connectivity index is 5.03. The number of allylic oxidation sites excluding steroid dienone is 1. The van der Waals surface area contributed by atoms with Gasteiger partial charge in [0.25, 0.3) is 0 Å². The quantitative estimate of drug-likeness (QED) is 0.406. The first kappa shape index (κ1) is 21.3. The minimum absolute atomic E-state index is 0.0738. The van der Waals surface area contributed by atoms with E-state index in [1.807, 2.05) is 0 Å². The Bertz CT molecular complexity index is 386. The lowest BCUT2D eigenvalue weighted by Gasteiger charge is -2.38. The van der Waals surface area contributed by atoms with E-state index in [9.17, 15) is 15.0 Å². The molecule has 0 saturated carbocycles.